The van der Waals surface area contributed by atoms with Gasteiger partial charge in [0.05, 0.1) is 11.0 Å². The third-order valence-corrected chi connectivity index (χ3v) is 5.13. The molecule has 0 spiro atoms. The molecule has 2 N–H and O–H groups in total. The highest BCUT2D eigenvalue weighted by molar-refractivity contribution is 7.89. The summed E-state index contributed by atoms with van der Waals surface area (Å²) in [5.41, 5.74) is 0. The molecule has 0 aromatic heterocycles. The Balaban J connectivity index is 1.89. The third-order valence-electron chi connectivity index (χ3n) is 3.69. The molecule has 0 amide bonds. The number of ether oxygens (including phenoxy) is 1. The van der Waals surface area contributed by atoms with E-state index in [2.05, 4.69) is 4.72 Å². The predicted octanol–water partition coefficient (Wildman–Crippen LogP) is 1.42. The highest BCUT2D eigenvalue weighted by atomic mass is 32.2. The van der Waals surface area contributed by atoms with Crippen LogP contribution in [-0.2, 0) is 14.8 Å². The number of halogens is 2. The Morgan fingerprint density at radius 3 is 2.41 bits per heavy atom. The zero-order valence-electron chi connectivity index (χ0n) is 12.0. The maximum Gasteiger partial charge on any atom is 0.240 e. The lowest BCUT2D eigenvalue weighted by Gasteiger charge is -2.26. The van der Waals surface area contributed by atoms with E-state index in [1.165, 1.54) is 0 Å². The molecule has 1 heterocycles. The van der Waals surface area contributed by atoms with Gasteiger partial charge >= 0.3 is 0 Å². The van der Waals surface area contributed by atoms with E-state index >= 15 is 0 Å². The molecule has 1 aliphatic rings. The predicted molar refractivity (Wildman–Crippen MR) is 75.7 cm³/mol. The molecule has 22 heavy (non-hydrogen) atoms. The molecule has 0 bridgehead atoms. The highest BCUT2D eigenvalue weighted by Gasteiger charge is 2.23. The first-order chi connectivity index (χ1) is 10.4. The Morgan fingerprint density at radius 2 is 1.82 bits per heavy atom. The second-order valence-electron chi connectivity index (χ2n) is 5.31. The topological polar surface area (TPSA) is 75.6 Å². The van der Waals surface area contributed by atoms with E-state index in [-0.39, 0.29) is 18.9 Å². The number of benzene rings is 1. The van der Waals surface area contributed by atoms with Crippen LogP contribution in [0.2, 0.25) is 0 Å². The van der Waals surface area contributed by atoms with Gasteiger partial charge in [-0.05, 0) is 37.3 Å². The molecule has 1 aromatic rings. The molecule has 1 unspecified atom stereocenters. The summed E-state index contributed by atoms with van der Waals surface area (Å²) in [6.45, 7) is 1.19. The van der Waals surface area contributed by atoms with Crippen molar-refractivity contribution in [2.24, 2.45) is 5.92 Å². The fourth-order valence-electron chi connectivity index (χ4n) is 2.44. The van der Waals surface area contributed by atoms with E-state index in [9.17, 15) is 22.3 Å². The van der Waals surface area contributed by atoms with Gasteiger partial charge in [0.25, 0.3) is 0 Å². The molecule has 5 nitrogen and oxygen atoms in total. The second kappa shape index (κ2) is 7.45. The molecule has 0 saturated carbocycles. The van der Waals surface area contributed by atoms with Crippen LogP contribution in [0, 0.1) is 17.6 Å². The molecule has 8 heteroatoms. The lowest BCUT2D eigenvalue weighted by Crippen LogP contribution is -2.32. The van der Waals surface area contributed by atoms with Crippen molar-refractivity contribution in [2.45, 2.75) is 30.3 Å². The van der Waals surface area contributed by atoms with Crippen molar-refractivity contribution in [3.05, 3.63) is 29.8 Å². The van der Waals surface area contributed by atoms with E-state index in [0.29, 0.717) is 19.3 Å². The smallest absolute Gasteiger partial charge is 0.240 e. The van der Waals surface area contributed by atoms with Crippen LogP contribution in [0.25, 0.3) is 0 Å². The van der Waals surface area contributed by atoms with Gasteiger partial charge in [-0.25, -0.2) is 21.9 Å². The van der Waals surface area contributed by atoms with Gasteiger partial charge in [0.2, 0.25) is 10.0 Å². The van der Waals surface area contributed by atoms with E-state index in [1.807, 2.05) is 0 Å². The minimum atomic E-state index is -4.00. The number of nitrogens with one attached hydrogen (secondary N) is 1. The molecule has 1 saturated heterocycles. The van der Waals surface area contributed by atoms with Crippen LogP contribution >= 0.6 is 0 Å². The number of sulfonamides is 1. The van der Waals surface area contributed by atoms with Crippen molar-refractivity contribution in [1.29, 1.82) is 0 Å². The quantitative estimate of drug-likeness (QED) is 0.824. The number of hydrogen-bond donors (Lipinski definition) is 2. The van der Waals surface area contributed by atoms with Crippen LogP contribution in [0.15, 0.2) is 23.1 Å². The van der Waals surface area contributed by atoms with Crippen molar-refractivity contribution in [3.63, 3.8) is 0 Å². The Morgan fingerprint density at radius 1 is 1.23 bits per heavy atom. The van der Waals surface area contributed by atoms with Crippen LogP contribution in [-0.4, -0.2) is 39.4 Å². The van der Waals surface area contributed by atoms with Gasteiger partial charge in [0, 0.05) is 25.8 Å². The highest BCUT2D eigenvalue weighted by Crippen LogP contribution is 2.20. The molecule has 1 aromatic carbocycles. The molecule has 0 radical (unpaired) electrons. The number of aliphatic hydroxyl groups is 1. The summed E-state index contributed by atoms with van der Waals surface area (Å²) in [7, 11) is -4.00. The lowest BCUT2D eigenvalue weighted by atomic mass is 9.92. The molecule has 1 atom stereocenters. The van der Waals surface area contributed by atoms with E-state index in [4.69, 9.17) is 4.74 Å². The maximum atomic E-state index is 13.1. The summed E-state index contributed by atoms with van der Waals surface area (Å²) in [6.07, 6.45) is 1.09. The summed E-state index contributed by atoms with van der Waals surface area (Å²) >= 11 is 0. The normalized spacial score (nSPS) is 18.3. The number of hydrogen-bond acceptors (Lipinski definition) is 4. The summed E-state index contributed by atoms with van der Waals surface area (Å²) in [6, 6.07) is 2.11. The minimum Gasteiger partial charge on any atom is -0.393 e. The van der Waals surface area contributed by atoms with Crippen molar-refractivity contribution in [1.82, 2.24) is 4.72 Å². The van der Waals surface area contributed by atoms with Gasteiger partial charge in [-0.1, -0.05) is 0 Å². The van der Waals surface area contributed by atoms with Gasteiger partial charge < -0.3 is 9.84 Å². The molecule has 124 valence electrons. The molecule has 1 fully saturated rings. The summed E-state index contributed by atoms with van der Waals surface area (Å²) in [5.74, 6) is -1.82. The van der Waals surface area contributed by atoms with E-state index in [1.54, 1.807) is 0 Å². The van der Waals surface area contributed by atoms with Crippen molar-refractivity contribution < 1.29 is 27.0 Å². The van der Waals surface area contributed by atoms with Crippen molar-refractivity contribution in [2.75, 3.05) is 19.8 Å². The summed E-state index contributed by atoms with van der Waals surface area (Å²) in [4.78, 5) is -0.467. The molecule has 0 aliphatic carbocycles. The molecular weight excluding hydrogens is 316 g/mol. The number of aliphatic hydroxyl groups excluding tert-OH is 1. The largest absolute Gasteiger partial charge is 0.393 e. The first kappa shape index (κ1) is 17.3. The SMILES string of the molecule is O=S(=O)(NCCC(O)C1CCOCC1)c1cc(F)cc(F)c1. The minimum absolute atomic E-state index is 0.00100. The Kier molecular flexibility index (Phi) is 5.85. The molecule has 1 aliphatic heterocycles. The van der Waals surface area contributed by atoms with Gasteiger partial charge in [0.1, 0.15) is 11.6 Å². The average molecular weight is 335 g/mol. The van der Waals surface area contributed by atoms with Crippen molar-refractivity contribution >= 4 is 10.0 Å². The zero-order valence-corrected chi connectivity index (χ0v) is 12.8. The Bertz CT molecular complexity index is 583. The van der Waals surface area contributed by atoms with Crippen LogP contribution in [0.4, 0.5) is 8.78 Å². The average Bonchev–Trinajstić information content (AvgIpc) is 2.47. The fourth-order valence-corrected chi connectivity index (χ4v) is 3.53. The molecule has 2 rings (SSSR count). The fraction of sp³-hybridized carbons (Fsp3) is 0.571. The first-order valence-electron chi connectivity index (χ1n) is 7.10. The van der Waals surface area contributed by atoms with Crippen LogP contribution in [0.5, 0.6) is 0 Å². The van der Waals surface area contributed by atoms with E-state index in [0.717, 1.165) is 25.0 Å². The van der Waals surface area contributed by atoms with Gasteiger partial charge in [-0.15, -0.1) is 0 Å². The zero-order chi connectivity index (χ0) is 16.2. The maximum absolute atomic E-state index is 13.1. The van der Waals surface area contributed by atoms with Crippen molar-refractivity contribution in [3.8, 4) is 0 Å². The molecular formula is C14H19F2NO4S. The second-order valence-corrected chi connectivity index (χ2v) is 7.08. The Hall–Kier alpha value is -1.09. The van der Waals surface area contributed by atoms with E-state index < -0.39 is 32.7 Å². The van der Waals surface area contributed by atoms with Crippen LogP contribution in [0.3, 0.4) is 0 Å². The Labute approximate surface area is 128 Å². The van der Waals surface area contributed by atoms with Gasteiger partial charge in [0.15, 0.2) is 0 Å². The summed E-state index contributed by atoms with van der Waals surface area (Å²) < 4.78 is 57.5. The van der Waals surface area contributed by atoms with Crippen LogP contribution < -0.4 is 4.72 Å². The first-order valence-corrected chi connectivity index (χ1v) is 8.58. The number of rotatable bonds is 6. The third kappa shape index (κ3) is 4.70. The summed E-state index contributed by atoms with van der Waals surface area (Å²) in [5, 5.41) is 10.0. The standard InChI is InChI=1S/C14H19F2NO4S/c15-11-7-12(16)9-13(8-11)22(19,20)17-4-1-14(18)10-2-5-21-6-3-10/h7-10,14,17-18H,1-6H2. The van der Waals surface area contributed by atoms with Gasteiger partial charge in [-0.3, -0.25) is 0 Å². The van der Waals surface area contributed by atoms with Crippen LogP contribution in [0.1, 0.15) is 19.3 Å². The van der Waals surface area contributed by atoms with Gasteiger partial charge in [-0.2, -0.15) is 0 Å². The lowest BCUT2D eigenvalue weighted by molar-refractivity contribution is 0.00567. The monoisotopic (exact) mass is 335 g/mol.